The van der Waals surface area contributed by atoms with Crippen molar-refractivity contribution in [2.45, 2.75) is 38.0 Å². The largest absolute Gasteiger partial charge is 1.00 e. The molecule has 0 atom stereocenters. The zero-order valence-electron chi connectivity index (χ0n) is 18.1. The van der Waals surface area contributed by atoms with Crippen molar-refractivity contribution < 1.29 is 61.7 Å². The van der Waals surface area contributed by atoms with Crippen molar-refractivity contribution in [1.82, 2.24) is 0 Å². The molecule has 1 aliphatic heterocycles. The molecule has 0 bridgehead atoms. The maximum Gasteiger partial charge on any atom is 1.00 e. The Bertz CT molecular complexity index is 1090. The van der Waals surface area contributed by atoms with Crippen LogP contribution < -0.4 is 40.1 Å². The minimum absolute atomic E-state index is 0. The van der Waals surface area contributed by atoms with Crippen LogP contribution in [0.3, 0.4) is 0 Å². The average Bonchev–Trinajstić information content (AvgIpc) is 2.93. The Morgan fingerprint density at radius 2 is 1.88 bits per heavy atom. The van der Waals surface area contributed by atoms with E-state index in [1.807, 2.05) is 59.3 Å². The smallest absolute Gasteiger partial charge is 0.748 e. The summed E-state index contributed by atoms with van der Waals surface area (Å²) in [5.41, 5.74) is 3.34. The van der Waals surface area contributed by atoms with E-state index in [9.17, 15) is 18.2 Å². The van der Waals surface area contributed by atoms with E-state index in [-0.39, 0.29) is 43.4 Å². The Morgan fingerprint density at radius 1 is 1.18 bits per heavy atom. The third-order valence-corrected chi connectivity index (χ3v) is 6.42. The maximum absolute atomic E-state index is 11.1. The molecular formula is C22H27N2NaO6S2. The van der Waals surface area contributed by atoms with Crippen LogP contribution in [0.2, 0.25) is 0 Å². The Morgan fingerprint density at radius 3 is 2.52 bits per heavy atom. The first-order valence-corrected chi connectivity index (χ1v) is 11.9. The van der Waals surface area contributed by atoms with Crippen molar-refractivity contribution in [2.24, 2.45) is 0 Å². The first-order chi connectivity index (χ1) is 14.7. The predicted molar refractivity (Wildman–Crippen MR) is 122 cm³/mol. The summed E-state index contributed by atoms with van der Waals surface area (Å²) in [6, 6.07) is 15.3. The fraction of sp³-hybridized carbons (Fsp3) is 0.318. The molecular weight excluding hydrogens is 475 g/mol. The number of anilines is 1. The molecule has 0 fully saturated rings. The summed E-state index contributed by atoms with van der Waals surface area (Å²) in [5.74, 6) is -0.429. The number of rotatable bonds is 10. The van der Waals surface area contributed by atoms with Gasteiger partial charge in [0.25, 0.3) is 0 Å². The van der Waals surface area contributed by atoms with Gasteiger partial charge in [0.15, 0.2) is 5.71 Å². The predicted octanol–water partition coefficient (Wildman–Crippen LogP) is 0.495. The van der Waals surface area contributed by atoms with Gasteiger partial charge in [-0.3, -0.25) is 5.04 Å². The Hall–Kier alpha value is -1.21. The Kier molecular flexibility index (Phi) is 11.8. The first kappa shape index (κ1) is 29.8. The fourth-order valence-electron chi connectivity index (χ4n) is 3.65. The number of nitrogens with zero attached hydrogens (tertiary/aromatic N) is 1. The topological polar surface area (TPSA) is 114 Å². The van der Waals surface area contributed by atoms with Crippen LogP contribution in [0.15, 0.2) is 65.7 Å². The van der Waals surface area contributed by atoms with Crippen molar-refractivity contribution in [2.75, 3.05) is 17.6 Å². The van der Waals surface area contributed by atoms with Crippen LogP contribution in [0.25, 0.3) is 0 Å². The third kappa shape index (κ3) is 7.91. The van der Waals surface area contributed by atoms with Crippen molar-refractivity contribution in [3.8, 4) is 0 Å². The summed E-state index contributed by atoms with van der Waals surface area (Å²) >= 11 is 0.813. The number of hydrogen-bond donors (Lipinski definition) is 1. The molecule has 8 nitrogen and oxygen atoms in total. The van der Waals surface area contributed by atoms with Crippen molar-refractivity contribution in [3.63, 3.8) is 0 Å². The molecule has 11 heteroatoms. The Balaban J connectivity index is 0.00000272. The minimum Gasteiger partial charge on any atom is -0.748 e. The average molecular weight is 503 g/mol. The molecule has 174 valence electrons. The van der Waals surface area contributed by atoms with E-state index < -0.39 is 21.3 Å². The van der Waals surface area contributed by atoms with Gasteiger partial charge in [-0.2, -0.15) is 8.91 Å². The summed E-state index contributed by atoms with van der Waals surface area (Å²) in [7, 11) is -4.29. The summed E-state index contributed by atoms with van der Waals surface area (Å²) < 4.78 is 39.7. The molecule has 0 saturated heterocycles. The molecule has 1 N–H and O–H groups in total. The molecule has 2 aromatic carbocycles. The van der Waals surface area contributed by atoms with Crippen LogP contribution in [0.5, 0.6) is 0 Å². The standard InChI is InChI=1S/C21H24N2O6S2.CH4.Na/c1-21(2)18-15-17(30-29-28-24)9-10-19(18)23(13-6-14-31(25,26)27)20(21)11-12-22-16-7-4-3-5-8-16;;/h3-5,7-12,15H,6,13-14H2,1-2H3,(H2,24,25,26,27);1H4;/q;;+1/p-1. The van der Waals surface area contributed by atoms with Gasteiger partial charge in [0.1, 0.15) is 6.54 Å². The quantitative estimate of drug-likeness (QED) is 0.125. The molecule has 0 aliphatic carbocycles. The molecule has 0 saturated carbocycles. The van der Waals surface area contributed by atoms with Gasteiger partial charge in [-0.25, -0.2) is 8.42 Å². The van der Waals surface area contributed by atoms with Crippen molar-refractivity contribution >= 4 is 39.2 Å². The van der Waals surface area contributed by atoms with E-state index in [4.69, 9.17) is 0 Å². The van der Waals surface area contributed by atoms with Gasteiger partial charge in [-0.15, -0.1) is 0 Å². The van der Waals surface area contributed by atoms with Gasteiger partial charge >= 0.3 is 29.6 Å². The van der Waals surface area contributed by atoms with Crippen LogP contribution in [0.1, 0.15) is 33.3 Å². The van der Waals surface area contributed by atoms with E-state index >= 15 is 0 Å². The molecule has 0 spiro atoms. The number of allylic oxidation sites excluding steroid dienone is 1. The number of benzene rings is 2. The Labute approximate surface area is 221 Å². The van der Waals surface area contributed by atoms with E-state index in [2.05, 4.69) is 28.5 Å². The van der Waals surface area contributed by atoms with Gasteiger partial charge < -0.3 is 15.1 Å². The summed E-state index contributed by atoms with van der Waals surface area (Å²) in [5, 5.41) is 16.8. The zero-order chi connectivity index (χ0) is 22.5. The molecule has 2 aromatic rings. The van der Waals surface area contributed by atoms with Crippen molar-refractivity contribution in [1.29, 1.82) is 0 Å². The summed E-state index contributed by atoms with van der Waals surface area (Å²) in [6.07, 6.45) is 3.98. The second kappa shape index (κ2) is 13.0. The van der Waals surface area contributed by atoms with Gasteiger partial charge in [0.2, 0.25) is 5.69 Å². The SMILES string of the molecule is C.CC1(C)C(/C=C/Nc2ccccc2)=[N+](CCCS(=O)(=O)[O-])c2ccc(SOO[O-])cc21.[Na+]. The monoisotopic (exact) mass is 502 g/mol. The third-order valence-electron chi connectivity index (χ3n) is 5.06. The maximum atomic E-state index is 11.1. The van der Waals surface area contributed by atoms with E-state index in [0.717, 1.165) is 34.7 Å². The molecule has 33 heavy (non-hydrogen) atoms. The van der Waals surface area contributed by atoms with Gasteiger partial charge in [-0.1, -0.05) is 25.6 Å². The zero-order valence-corrected chi connectivity index (χ0v) is 21.7. The van der Waals surface area contributed by atoms with E-state index in [0.29, 0.717) is 11.4 Å². The van der Waals surface area contributed by atoms with E-state index in [1.165, 1.54) is 0 Å². The van der Waals surface area contributed by atoms with Crippen LogP contribution >= 0.6 is 12.0 Å². The first-order valence-electron chi connectivity index (χ1n) is 9.57. The van der Waals surface area contributed by atoms with Gasteiger partial charge in [0, 0.05) is 46.7 Å². The number of fused-ring (bicyclic) bond motifs is 1. The molecule has 3 rings (SSSR count). The van der Waals surface area contributed by atoms with E-state index in [1.54, 1.807) is 6.07 Å². The molecule has 1 aliphatic rings. The molecule has 0 radical (unpaired) electrons. The number of nitrogens with one attached hydrogen (secondary N) is 1. The normalized spacial score (nSPS) is 14.5. The number of para-hydroxylation sites is 1. The van der Waals surface area contributed by atoms with Gasteiger partial charge in [-0.05, 0) is 38.1 Å². The summed E-state index contributed by atoms with van der Waals surface area (Å²) in [4.78, 5) is 0.692. The second-order valence-corrected chi connectivity index (χ2v) is 9.82. The molecule has 0 aromatic heterocycles. The molecule has 0 unspecified atom stereocenters. The van der Waals surface area contributed by atoms with Crippen LogP contribution in [0, 0.1) is 0 Å². The molecule has 0 amide bonds. The number of hydrogen-bond acceptors (Lipinski definition) is 8. The van der Waals surface area contributed by atoms with Gasteiger partial charge in [0.05, 0.1) is 27.6 Å². The minimum atomic E-state index is -4.29. The van der Waals surface area contributed by atoms with Crippen LogP contribution in [-0.2, 0) is 24.9 Å². The fourth-order valence-corrected chi connectivity index (χ4v) is 4.53. The second-order valence-electron chi connectivity index (χ2n) is 7.52. The van der Waals surface area contributed by atoms with Crippen molar-refractivity contribution in [3.05, 3.63) is 66.4 Å². The summed E-state index contributed by atoms with van der Waals surface area (Å²) in [6.45, 7) is 4.48. The van der Waals surface area contributed by atoms with Crippen LogP contribution in [0.4, 0.5) is 11.4 Å². The van der Waals surface area contributed by atoms with Crippen LogP contribution in [-0.4, -0.2) is 35.6 Å². The molecule has 1 heterocycles.